The molecule has 0 aliphatic rings. The zero-order valence-electron chi connectivity index (χ0n) is 10.1. The first-order valence-corrected chi connectivity index (χ1v) is 5.86. The molecule has 0 atom stereocenters. The van der Waals surface area contributed by atoms with E-state index in [9.17, 15) is 4.79 Å². The van der Waals surface area contributed by atoms with Gasteiger partial charge in [0.15, 0.2) is 5.82 Å². The lowest BCUT2D eigenvalue weighted by atomic mass is 10.3. The lowest BCUT2D eigenvalue weighted by Crippen LogP contribution is -2.06. The molecule has 18 heavy (non-hydrogen) atoms. The van der Waals surface area contributed by atoms with E-state index < -0.39 is 5.97 Å². The van der Waals surface area contributed by atoms with Crippen molar-refractivity contribution in [1.29, 1.82) is 0 Å². The number of hydrogen-bond acceptors (Lipinski definition) is 4. The van der Waals surface area contributed by atoms with E-state index >= 15 is 0 Å². The fourth-order valence-electron chi connectivity index (χ4n) is 1.57. The van der Waals surface area contributed by atoms with E-state index in [1.807, 2.05) is 6.07 Å². The van der Waals surface area contributed by atoms with Gasteiger partial charge in [0.25, 0.3) is 0 Å². The van der Waals surface area contributed by atoms with Gasteiger partial charge >= 0.3 is 5.97 Å². The number of aromatic nitrogens is 3. The number of ether oxygens (including phenoxy) is 1. The van der Waals surface area contributed by atoms with E-state index in [1.54, 1.807) is 32.2 Å². The fourth-order valence-corrected chi connectivity index (χ4v) is 1.90. The summed E-state index contributed by atoms with van der Waals surface area (Å²) in [4.78, 5) is 15.9. The quantitative estimate of drug-likeness (QED) is 0.800. The number of pyridine rings is 1. The summed E-state index contributed by atoms with van der Waals surface area (Å²) in [5.41, 5.74) is 0.799. The maximum atomic E-state index is 11.8. The highest BCUT2D eigenvalue weighted by Gasteiger charge is 2.22. The van der Waals surface area contributed by atoms with Crippen molar-refractivity contribution in [3.63, 3.8) is 0 Å². The molecule has 0 aliphatic heterocycles. The third kappa shape index (κ3) is 2.22. The first kappa shape index (κ1) is 12.6. The van der Waals surface area contributed by atoms with Gasteiger partial charge in [-0.2, -0.15) is 5.10 Å². The minimum absolute atomic E-state index is 0.213. The molecule has 0 bridgehead atoms. The van der Waals surface area contributed by atoms with Crippen LogP contribution in [0.2, 0.25) is 5.15 Å². The summed E-state index contributed by atoms with van der Waals surface area (Å²) in [5, 5.41) is 4.42. The Labute approximate surface area is 109 Å². The van der Waals surface area contributed by atoms with Crippen molar-refractivity contribution in [1.82, 2.24) is 14.8 Å². The summed E-state index contributed by atoms with van der Waals surface area (Å²) < 4.78 is 6.36. The molecule has 5 nitrogen and oxygen atoms in total. The molecule has 0 aromatic carbocycles. The van der Waals surface area contributed by atoms with E-state index in [2.05, 4.69) is 10.1 Å². The number of rotatable bonds is 3. The average Bonchev–Trinajstić information content (AvgIpc) is 2.66. The zero-order valence-corrected chi connectivity index (χ0v) is 10.8. The average molecular weight is 266 g/mol. The molecular formula is C12H12ClN3O2. The molecule has 0 N–H and O–H groups in total. The zero-order chi connectivity index (χ0) is 13.1. The van der Waals surface area contributed by atoms with Crippen LogP contribution >= 0.6 is 11.6 Å². The van der Waals surface area contributed by atoms with Gasteiger partial charge in [-0.15, -0.1) is 0 Å². The molecule has 2 aromatic rings. The molecule has 2 rings (SSSR count). The Bertz CT molecular complexity index is 566. The number of aryl methyl sites for hydroxylation is 1. The van der Waals surface area contributed by atoms with Gasteiger partial charge in [0.05, 0.1) is 12.3 Å². The summed E-state index contributed by atoms with van der Waals surface area (Å²) in [5.74, 6) is 0.0864. The molecule has 94 valence electrons. The van der Waals surface area contributed by atoms with E-state index in [0.29, 0.717) is 18.1 Å². The third-order valence-electron chi connectivity index (χ3n) is 2.35. The molecule has 0 saturated carbocycles. The molecule has 6 heteroatoms. The second-order valence-corrected chi connectivity index (χ2v) is 3.93. The van der Waals surface area contributed by atoms with Crippen LogP contribution in [0.3, 0.4) is 0 Å². The topological polar surface area (TPSA) is 57.0 Å². The molecule has 0 saturated heterocycles. The molecular weight excluding hydrogens is 254 g/mol. The standard InChI is InChI=1S/C12H12ClN3O2/c1-3-18-12(17)10-8(2)15-16(11(10)13)9-6-4-5-7-14-9/h4-7H,3H2,1-2H3. The van der Waals surface area contributed by atoms with Crippen molar-refractivity contribution >= 4 is 17.6 Å². The minimum atomic E-state index is -0.470. The minimum Gasteiger partial charge on any atom is -0.462 e. The van der Waals surface area contributed by atoms with E-state index in [0.717, 1.165) is 0 Å². The normalized spacial score (nSPS) is 10.4. The first-order chi connectivity index (χ1) is 8.65. The van der Waals surface area contributed by atoms with Gasteiger partial charge in [0, 0.05) is 6.20 Å². The predicted molar refractivity (Wildman–Crippen MR) is 67.1 cm³/mol. The summed E-state index contributed by atoms with van der Waals surface area (Å²) >= 11 is 6.15. The monoisotopic (exact) mass is 265 g/mol. The largest absolute Gasteiger partial charge is 0.462 e. The number of halogens is 1. The Kier molecular flexibility index (Phi) is 3.62. The van der Waals surface area contributed by atoms with Crippen molar-refractivity contribution in [3.05, 3.63) is 40.8 Å². The Balaban J connectivity index is 2.47. The van der Waals surface area contributed by atoms with Crippen molar-refractivity contribution < 1.29 is 9.53 Å². The van der Waals surface area contributed by atoms with Crippen LogP contribution in [0.5, 0.6) is 0 Å². The lowest BCUT2D eigenvalue weighted by Gasteiger charge is -2.02. The van der Waals surface area contributed by atoms with E-state index in [1.165, 1.54) is 4.68 Å². The number of carbonyl (C=O) groups is 1. The molecule has 2 heterocycles. The van der Waals surface area contributed by atoms with Gasteiger partial charge in [0.1, 0.15) is 10.7 Å². The molecule has 0 fully saturated rings. The molecule has 0 aliphatic carbocycles. The molecule has 0 radical (unpaired) electrons. The summed E-state index contributed by atoms with van der Waals surface area (Å²) in [7, 11) is 0. The molecule has 0 unspecified atom stereocenters. The van der Waals surface area contributed by atoms with Crippen LogP contribution in [0.1, 0.15) is 23.0 Å². The predicted octanol–water partition coefficient (Wildman–Crippen LogP) is 2.41. The van der Waals surface area contributed by atoms with Crippen LogP contribution in [0, 0.1) is 6.92 Å². The first-order valence-electron chi connectivity index (χ1n) is 5.48. The summed E-state index contributed by atoms with van der Waals surface area (Å²) in [6, 6.07) is 5.37. The smallest absolute Gasteiger partial charge is 0.343 e. The van der Waals surface area contributed by atoms with Crippen molar-refractivity contribution in [2.75, 3.05) is 6.61 Å². The van der Waals surface area contributed by atoms with Crippen LogP contribution < -0.4 is 0 Å². The van der Waals surface area contributed by atoms with Gasteiger partial charge < -0.3 is 4.74 Å². The van der Waals surface area contributed by atoms with Gasteiger partial charge in [-0.1, -0.05) is 17.7 Å². The molecule has 2 aromatic heterocycles. The Morgan fingerprint density at radius 3 is 2.89 bits per heavy atom. The van der Waals surface area contributed by atoms with Crippen LogP contribution in [0.4, 0.5) is 0 Å². The number of carbonyl (C=O) groups excluding carboxylic acids is 1. The van der Waals surface area contributed by atoms with Crippen LogP contribution in [0.15, 0.2) is 24.4 Å². The highest BCUT2D eigenvalue weighted by Crippen LogP contribution is 2.23. The van der Waals surface area contributed by atoms with Gasteiger partial charge in [-0.3, -0.25) is 0 Å². The van der Waals surface area contributed by atoms with Crippen LogP contribution in [-0.4, -0.2) is 27.3 Å². The van der Waals surface area contributed by atoms with Crippen molar-refractivity contribution in [2.45, 2.75) is 13.8 Å². The summed E-state index contributed by atoms with van der Waals surface area (Å²) in [6.45, 7) is 3.74. The Morgan fingerprint density at radius 1 is 1.50 bits per heavy atom. The molecule has 0 amide bonds. The number of hydrogen-bond donors (Lipinski definition) is 0. The maximum Gasteiger partial charge on any atom is 0.343 e. The van der Waals surface area contributed by atoms with Gasteiger partial charge in [-0.05, 0) is 26.0 Å². The SMILES string of the molecule is CCOC(=O)c1c(C)nn(-c2ccccn2)c1Cl. The Hall–Kier alpha value is -1.88. The second-order valence-electron chi connectivity index (χ2n) is 3.57. The van der Waals surface area contributed by atoms with Gasteiger partial charge in [0.2, 0.25) is 0 Å². The lowest BCUT2D eigenvalue weighted by molar-refractivity contribution is 0.0526. The van der Waals surface area contributed by atoms with Crippen LogP contribution in [-0.2, 0) is 4.74 Å². The Morgan fingerprint density at radius 2 is 2.28 bits per heavy atom. The van der Waals surface area contributed by atoms with Crippen molar-refractivity contribution in [3.8, 4) is 5.82 Å². The maximum absolute atomic E-state index is 11.8. The van der Waals surface area contributed by atoms with Crippen molar-refractivity contribution in [2.24, 2.45) is 0 Å². The fraction of sp³-hybridized carbons (Fsp3) is 0.250. The third-order valence-corrected chi connectivity index (χ3v) is 2.70. The number of esters is 1. The second kappa shape index (κ2) is 5.18. The van der Waals surface area contributed by atoms with Gasteiger partial charge in [-0.25, -0.2) is 14.5 Å². The highest BCUT2D eigenvalue weighted by molar-refractivity contribution is 6.33. The highest BCUT2D eigenvalue weighted by atomic mass is 35.5. The summed E-state index contributed by atoms with van der Waals surface area (Å²) in [6.07, 6.45) is 1.63. The number of nitrogens with zero attached hydrogens (tertiary/aromatic N) is 3. The van der Waals surface area contributed by atoms with Crippen LogP contribution in [0.25, 0.3) is 5.82 Å². The van der Waals surface area contributed by atoms with E-state index in [4.69, 9.17) is 16.3 Å². The molecule has 0 spiro atoms. The van der Waals surface area contributed by atoms with E-state index in [-0.39, 0.29) is 10.7 Å².